The summed E-state index contributed by atoms with van der Waals surface area (Å²) in [6, 6.07) is 20.6. The first-order valence-electron chi connectivity index (χ1n) is 9.77. The van der Waals surface area contributed by atoms with Crippen molar-refractivity contribution in [2.24, 2.45) is 0 Å². The minimum Gasteiger partial charge on any atom is -0.300 e. The van der Waals surface area contributed by atoms with Crippen molar-refractivity contribution in [2.45, 2.75) is 31.6 Å². The maximum absolute atomic E-state index is 9.56. The topological polar surface area (TPSA) is 54.5 Å². The van der Waals surface area contributed by atoms with Crippen molar-refractivity contribution >= 4 is 11.2 Å². The van der Waals surface area contributed by atoms with Gasteiger partial charge in [0.05, 0.1) is 23.5 Å². The second kappa shape index (κ2) is 6.94. The summed E-state index contributed by atoms with van der Waals surface area (Å²) in [6.45, 7) is 0. The van der Waals surface area contributed by atoms with E-state index in [0.29, 0.717) is 5.92 Å². The summed E-state index contributed by atoms with van der Waals surface area (Å²) in [5.41, 5.74) is 6.62. The molecule has 4 heteroatoms. The lowest BCUT2D eigenvalue weighted by Gasteiger charge is -2.14. The van der Waals surface area contributed by atoms with Crippen molar-refractivity contribution in [3.05, 3.63) is 78.1 Å². The zero-order valence-electron chi connectivity index (χ0n) is 15.5. The van der Waals surface area contributed by atoms with Crippen LogP contribution in [0.15, 0.2) is 67.0 Å². The fourth-order valence-electron chi connectivity index (χ4n) is 4.23. The van der Waals surface area contributed by atoms with Gasteiger partial charge in [-0.1, -0.05) is 43.2 Å². The minimum atomic E-state index is 0.488. The van der Waals surface area contributed by atoms with Crippen LogP contribution >= 0.6 is 0 Å². The van der Waals surface area contributed by atoms with Crippen LogP contribution in [0.5, 0.6) is 0 Å². The standard InChI is InChI=1S/C24H20N4/c25-15-19-10-11-20(14-21(19)17-6-4-5-7-17)28-13-12-22-24(28)27-23(16-26-22)18-8-2-1-3-9-18/h1-3,8-14,16-17H,4-7H2. The maximum Gasteiger partial charge on any atom is 0.163 e. The molecule has 2 heterocycles. The number of fused-ring (bicyclic) bond motifs is 1. The monoisotopic (exact) mass is 364 g/mol. The van der Waals surface area contributed by atoms with Crippen LogP contribution in [0.4, 0.5) is 0 Å². The summed E-state index contributed by atoms with van der Waals surface area (Å²) in [4.78, 5) is 9.49. The molecule has 0 radical (unpaired) electrons. The van der Waals surface area contributed by atoms with Crippen molar-refractivity contribution in [2.75, 3.05) is 0 Å². The van der Waals surface area contributed by atoms with Gasteiger partial charge in [0.1, 0.15) is 5.52 Å². The first kappa shape index (κ1) is 16.7. The largest absolute Gasteiger partial charge is 0.300 e. The fourth-order valence-corrected chi connectivity index (χ4v) is 4.23. The van der Waals surface area contributed by atoms with Gasteiger partial charge in [-0.25, -0.2) is 4.98 Å². The van der Waals surface area contributed by atoms with Crippen molar-refractivity contribution in [1.29, 1.82) is 5.26 Å². The predicted molar refractivity (Wildman–Crippen MR) is 110 cm³/mol. The SMILES string of the molecule is N#Cc1ccc(-n2ccc3ncc(-c4ccccc4)nc32)cc1C1CCCC1. The van der Waals surface area contributed by atoms with Crippen molar-refractivity contribution < 1.29 is 0 Å². The predicted octanol–water partition coefficient (Wildman–Crippen LogP) is 5.62. The number of hydrogen-bond acceptors (Lipinski definition) is 3. The van der Waals surface area contributed by atoms with E-state index in [1.807, 2.05) is 60.9 Å². The van der Waals surface area contributed by atoms with E-state index in [1.165, 1.54) is 31.2 Å². The molecule has 28 heavy (non-hydrogen) atoms. The fraction of sp³-hybridized carbons (Fsp3) is 0.208. The first-order valence-corrected chi connectivity index (χ1v) is 9.77. The summed E-state index contributed by atoms with van der Waals surface area (Å²) in [5, 5.41) is 9.56. The third-order valence-electron chi connectivity index (χ3n) is 5.69. The Morgan fingerprint density at radius 2 is 1.82 bits per heavy atom. The smallest absolute Gasteiger partial charge is 0.163 e. The van der Waals surface area contributed by atoms with E-state index in [-0.39, 0.29) is 0 Å². The Bertz CT molecular complexity index is 1180. The Kier molecular flexibility index (Phi) is 4.14. The molecule has 4 aromatic rings. The lowest BCUT2D eigenvalue weighted by molar-refractivity contribution is 0.720. The molecule has 0 spiro atoms. The van der Waals surface area contributed by atoms with Crippen LogP contribution in [-0.2, 0) is 0 Å². The van der Waals surface area contributed by atoms with E-state index < -0.39 is 0 Å². The lowest BCUT2D eigenvalue weighted by atomic mass is 9.93. The highest BCUT2D eigenvalue weighted by Gasteiger charge is 2.21. The molecular formula is C24H20N4. The van der Waals surface area contributed by atoms with Gasteiger partial charge in [-0.15, -0.1) is 0 Å². The molecule has 0 aliphatic heterocycles. The molecule has 5 rings (SSSR count). The van der Waals surface area contributed by atoms with Crippen molar-refractivity contribution in [1.82, 2.24) is 14.5 Å². The summed E-state index contributed by atoms with van der Waals surface area (Å²) in [5.74, 6) is 0.488. The number of rotatable bonds is 3. The van der Waals surface area contributed by atoms with Crippen LogP contribution in [0, 0.1) is 11.3 Å². The van der Waals surface area contributed by atoms with E-state index in [0.717, 1.165) is 33.7 Å². The molecule has 0 atom stereocenters. The zero-order chi connectivity index (χ0) is 18.9. The number of aromatic nitrogens is 3. The average Bonchev–Trinajstić information content (AvgIpc) is 3.43. The van der Waals surface area contributed by atoms with Gasteiger partial charge in [0, 0.05) is 17.4 Å². The number of nitrogens with zero attached hydrogens (tertiary/aromatic N) is 4. The zero-order valence-corrected chi connectivity index (χ0v) is 15.5. The molecular weight excluding hydrogens is 344 g/mol. The molecule has 1 aliphatic rings. The van der Waals surface area contributed by atoms with Crippen LogP contribution in [0.25, 0.3) is 28.1 Å². The van der Waals surface area contributed by atoms with Gasteiger partial charge in [0.25, 0.3) is 0 Å². The Labute approximate surface area is 164 Å². The van der Waals surface area contributed by atoms with Crippen LogP contribution in [-0.4, -0.2) is 14.5 Å². The molecule has 1 saturated carbocycles. The summed E-state index contributed by atoms with van der Waals surface area (Å²) in [6.07, 6.45) is 8.67. The van der Waals surface area contributed by atoms with Gasteiger partial charge in [-0.2, -0.15) is 5.26 Å². The molecule has 136 valence electrons. The van der Waals surface area contributed by atoms with Gasteiger partial charge < -0.3 is 0 Å². The van der Waals surface area contributed by atoms with Crippen molar-refractivity contribution in [3.63, 3.8) is 0 Å². The number of benzene rings is 2. The number of hydrogen-bond donors (Lipinski definition) is 0. The van der Waals surface area contributed by atoms with Gasteiger partial charge in [-0.05, 0) is 48.6 Å². The Morgan fingerprint density at radius 3 is 2.61 bits per heavy atom. The highest BCUT2D eigenvalue weighted by Crippen LogP contribution is 2.37. The van der Waals surface area contributed by atoms with Crippen LogP contribution in [0.2, 0.25) is 0 Å². The second-order valence-corrected chi connectivity index (χ2v) is 7.38. The highest BCUT2D eigenvalue weighted by atomic mass is 15.1. The molecule has 0 unspecified atom stereocenters. The van der Waals surface area contributed by atoms with Gasteiger partial charge in [0.15, 0.2) is 5.65 Å². The minimum absolute atomic E-state index is 0.488. The summed E-state index contributed by atoms with van der Waals surface area (Å²) >= 11 is 0. The lowest BCUT2D eigenvalue weighted by Crippen LogP contribution is -2.01. The third kappa shape index (κ3) is 2.86. The highest BCUT2D eigenvalue weighted by molar-refractivity contribution is 5.77. The van der Waals surface area contributed by atoms with E-state index in [4.69, 9.17) is 4.98 Å². The molecule has 1 aliphatic carbocycles. The molecule has 1 fully saturated rings. The summed E-state index contributed by atoms with van der Waals surface area (Å²) < 4.78 is 2.08. The van der Waals surface area contributed by atoms with Gasteiger partial charge in [-0.3, -0.25) is 9.55 Å². The van der Waals surface area contributed by atoms with E-state index in [9.17, 15) is 5.26 Å². The Balaban J connectivity index is 1.63. The van der Waals surface area contributed by atoms with Crippen LogP contribution in [0.1, 0.15) is 42.7 Å². The molecule has 0 bridgehead atoms. The van der Waals surface area contributed by atoms with Crippen LogP contribution in [0.3, 0.4) is 0 Å². The van der Waals surface area contributed by atoms with E-state index in [1.54, 1.807) is 0 Å². The van der Waals surface area contributed by atoms with Gasteiger partial charge >= 0.3 is 0 Å². The molecule has 2 aromatic carbocycles. The maximum atomic E-state index is 9.56. The summed E-state index contributed by atoms with van der Waals surface area (Å²) in [7, 11) is 0. The number of nitriles is 1. The van der Waals surface area contributed by atoms with Gasteiger partial charge in [0.2, 0.25) is 0 Å². The quantitative estimate of drug-likeness (QED) is 0.474. The Morgan fingerprint density at radius 1 is 1.00 bits per heavy atom. The average molecular weight is 364 g/mol. The van der Waals surface area contributed by atoms with Crippen LogP contribution < -0.4 is 0 Å². The molecule has 2 aromatic heterocycles. The van der Waals surface area contributed by atoms with Crippen molar-refractivity contribution in [3.8, 4) is 23.0 Å². The second-order valence-electron chi connectivity index (χ2n) is 7.38. The molecule has 0 N–H and O–H groups in total. The molecule has 0 saturated heterocycles. The Hall–Kier alpha value is -3.45. The molecule has 4 nitrogen and oxygen atoms in total. The van der Waals surface area contributed by atoms with E-state index >= 15 is 0 Å². The third-order valence-corrected chi connectivity index (χ3v) is 5.69. The normalized spacial score (nSPS) is 14.4. The van der Waals surface area contributed by atoms with E-state index in [2.05, 4.69) is 21.7 Å². The first-order chi connectivity index (χ1) is 13.8. The molecule has 0 amide bonds.